The van der Waals surface area contributed by atoms with Crippen LogP contribution in [0, 0.1) is 6.92 Å². The van der Waals surface area contributed by atoms with Gasteiger partial charge in [0.05, 0.1) is 36.7 Å². The molecule has 0 fully saturated rings. The number of methoxy groups -OCH3 is 3. The van der Waals surface area contributed by atoms with Crippen LogP contribution in [0.5, 0.6) is 17.2 Å². The van der Waals surface area contributed by atoms with Gasteiger partial charge in [0.2, 0.25) is 5.91 Å². The van der Waals surface area contributed by atoms with E-state index in [0.29, 0.717) is 33.3 Å². The normalized spacial score (nSPS) is 10.8. The Morgan fingerprint density at radius 1 is 1.06 bits per heavy atom. The van der Waals surface area contributed by atoms with E-state index >= 15 is 0 Å². The molecule has 33 heavy (non-hydrogen) atoms. The first kappa shape index (κ1) is 22.3. The number of hydrogen-bond acceptors (Lipinski definition) is 8. The van der Waals surface area contributed by atoms with Gasteiger partial charge in [0.1, 0.15) is 29.5 Å². The summed E-state index contributed by atoms with van der Waals surface area (Å²) < 4.78 is 17.6. The molecular weight excluding hydrogens is 444 g/mol. The lowest BCUT2D eigenvalue weighted by atomic mass is 10.1. The Morgan fingerprint density at radius 3 is 2.55 bits per heavy atom. The summed E-state index contributed by atoms with van der Waals surface area (Å²) in [6.07, 6.45) is 0. The first-order valence-corrected chi connectivity index (χ1v) is 10.8. The van der Waals surface area contributed by atoms with Crippen molar-refractivity contribution in [1.82, 2.24) is 14.8 Å². The lowest BCUT2D eigenvalue weighted by molar-refractivity contribution is -0.117. The molecule has 2 aromatic heterocycles. The van der Waals surface area contributed by atoms with Gasteiger partial charge >= 0.3 is 0 Å². The number of nitrogens with one attached hydrogen (secondary N) is 1. The van der Waals surface area contributed by atoms with Crippen molar-refractivity contribution in [2.75, 3.05) is 26.6 Å². The third kappa shape index (κ3) is 4.51. The van der Waals surface area contributed by atoms with E-state index in [0.717, 1.165) is 15.3 Å². The van der Waals surface area contributed by atoms with Crippen LogP contribution in [-0.4, -0.2) is 42.0 Å². The van der Waals surface area contributed by atoms with Crippen molar-refractivity contribution in [2.45, 2.75) is 13.5 Å². The second-order valence-corrected chi connectivity index (χ2v) is 8.27. The van der Waals surface area contributed by atoms with E-state index in [9.17, 15) is 9.59 Å². The predicted octanol–water partition coefficient (Wildman–Crippen LogP) is 3.49. The highest BCUT2D eigenvalue weighted by molar-refractivity contribution is 7.19. The number of nitrogens with zero attached hydrogens (tertiary/aromatic N) is 3. The summed E-state index contributed by atoms with van der Waals surface area (Å²) in [7, 11) is 4.61. The molecule has 4 aromatic rings. The van der Waals surface area contributed by atoms with Crippen molar-refractivity contribution in [3.05, 3.63) is 57.8 Å². The minimum absolute atomic E-state index is 0.275. The van der Waals surface area contributed by atoms with Gasteiger partial charge in [-0.2, -0.15) is 5.10 Å². The summed E-state index contributed by atoms with van der Waals surface area (Å²) in [5.41, 5.74) is 1.58. The lowest BCUT2D eigenvalue weighted by Gasteiger charge is -2.13. The van der Waals surface area contributed by atoms with Gasteiger partial charge in [0, 0.05) is 11.6 Å². The zero-order valence-electron chi connectivity index (χ0n) is 18.5. The fourth-order valence-electron chi connectivity index (χ4n) is 3.37. The fraction of sp³-hybridized carbons (Fsp3) is 0.217. The number of hydrogen-bond donors (Lipinski definition) is 1. The van der Waals surface area contributed by atoms with Crippen molar-refractivity contribution in [3.8, 4) is 28.5 Å². The van der Waals surface area contributed by atoms with Crippen molar-refractivity contribution in [1.29, 1.82) is 0 Å². The first-order valence-electron chi connectivity index (χ1n) is 9.98. The fourth-order valence-corrected chi connectivity index (χ4v) is 4.29. The van der Waals surface area contributed by atoms with Gasteiger partial charge in [-0.05, 0) is 31.2 Å². The van der Waals surface area contributed by atoms with E-state index in [1.165, 1.54) is 25.6 Å². The smallest absolute Gasteiger partial charge is 0.294 e. The Bertz CT molecular complexity index is 1400. The van der Waals surface area contributed by atoms with Crippen LogP contribution in [0.25, 0.3) is 21.5 Å². The lowest BCUT2D eigenvalue weighted by Crippen LogP contribution is -2.30. The van der Waals surface area contributed by atoms with E-state index in [2.05, 4.69) is 15.4 Å². The summed E-state index contributed by atoms with van der Waals surface area (Å²) in [6.45, 7) is 1.52. The van der Waals surface area contributed by atoms with Crippen LogP contribution in [0.1, 0.15) is 5.01 Å². The number of aromatic nitrogens is 3. The molecule has 9 nitrogen and oxygen atoms in total. The van der Waals surface area contributed by atoms with E-state index in [4.69, 9.17) is 14.2 Å². The molecule has 0 radical (unpaired) electrons. The maximum Gasteiger partial charge on any atom is 0.294 e. The van der Waals surface area contributed by atoms with Crippen molar-refractivity contribution in [2.24, 2.45) is 0 Å². The molecule has 1 amide bonds. The van der Waals surface area contributed by atoms with Crippen LogP contribution in [0.2, 0.25) is 0 Å². The van der Waals surface area contributed by atoms with Crippen LogP contribution in [0.15, 0.2) is 47.3 Å². The summed E-state index contributed by atoms with van der Waals surface area (Å²) in [5.74, 6) is 1.23. The van der Waals surface area contributed by atoms with Gasteiger partial charge in [-0.25, -0.2) is 9.67 Å². The van der Waals surface area contributed by atoms with Gasteiger partial charge in [0.15, 0.2) is 5.52 Å². The Hall–Kier alpha value is -3.92. The average molecular weight is 467 g/mol. The molecule has 1 N–H and O–H groups in total. The number of carbonyl (C=O) groups is 1. The highest BCUT2D eigenvalue weighted by Crippen LogP contribution is 2.31. The standard InChI is InChI=1S/C23H22N4O5S/c1-13-24-21-22(33-13)20(14-6-5-7-15(10-14)30-2)26-27(23(21)29)12-19(28)25-17-11-16(31-3)8-9-18(17)32-4/h5-11H,12H2,1-4H3,(H,25,28). The molecule has 0 saturated heterocycles. The van der Waals surface area contributed by atoms with Crippen LogP contribution >= 0.6 is 11.3 Å². The zero-order valence-corrected chi connectivity index (χ0v) is 19.4. The third-order valence-corrected chi connectivity index (χ3v) is 5.90. The number of ether oxygens (including phenoxy) is 3. The van der Waals surface area contributed by atoms with Crippen molar-refractivity contribution < 1.29 is 19.0 Å². The van der Waals surface area contributed by atoms with Gasteiger partial charge in [0.25, 0.3) is 5.56 Å². The Labute approximate surface area is 193 Å². The molecule has 0 unspecified atom stereocenters. The molecule has 10 heteroatoms. The third-order valence-electron chi connectivity index (χ3n) is 4.92. The molecule has 4 rings (SSSR count). The largest absolute Gasteiger partial charge is 0.497 e. The highest BCUT2D eigenvalue weighted by Gasteiger charge is 2.19. The van der Waals surface area contributed by atoms with Gasteiger partial charge in [-0.3, -0.25) is 9.59 Å². The zero-order chi connectivity index (χ0) is 23.5. The Kier molecular flexibility index (Phi) is 6.27. The SMILES string of the molecule is COc1cccc(-c2nn(CC(=O)Nc3cc(OC)ccc3OC)c(=O)c3nc(C)sc23)c1. The number of thiazole rings is 1. The second kappa shape index (κ2) is 9.29. The average Bonchev–Trinajstić information content (AvgIpc) is 3.22. The van der Waals surface area contributed by atoms with Crippen LogP contribution < -0.4 is 25.1 Å². The molecule has 0 saturated carbocycles. The Balaban J connectivity index is 1.73. The van der Waals surface area contributed by atoms with Crippen LogP contribution in [0.3, 0.4) is 0 Å². The molecule has 0 spiro atoms. The monoisotopic (exact) mass is 466 g/mol. The maximum atomic E-state index is 13.1. The number of carbonyl (C=O) groups excluding carboxylic acids is 1. The Morgan fingerprint density at radius 2 is 1.82 bits per heavy atom. The van der Waals surface area contributed by atoms with Gasteiger partial charge < -0.3 is 19.5 Å². The molecule has 170 valence electrons. The summed E-state index contributed by atoms with van der Waals surface area (Å²) in [6, 6.07) is 12.4. The van der Waals surface area contributed by atoms with Gasteiger partial charge in [-0.1, -0.05) is 12.1 Å². The number of amides is 1. The molecule has 2 aromatic carbocycles. The molecule has 2 heterocycles. The number of benzene rings is 2. The molecular formula is C23H22N4O5S. The summed E-state index contributed by atoms with van der Waals surface area (Å²) in [4.78, 5) is 30.3. The predicted molar refractivity (Wildman–Crippen MR) is 127 cm³/mol. The maximum absolute atomic E-state index is 13.1. The summed E-state index contributed by atoms with van der Waals surface area (Å²) in [5, 5.41) is 8.01. The molecule has 0 aliphatic rings. The van der Waals surface area contributed by atoms with E-state index in [-0.39, 0.29) is 12.1 Å². The number of aryl methyl sites for hydroxylation is 1. The van der Waals surface area contributed by atoms with Crippen molar-refractivity contribution in [3.63, 3.8) is 0 Å². The van der Waals surface area contributed by atoms with E-state index in [1.807, 2.05) is 31.2 Å². The van der Waals surface area contributed by atoms with E-state index in [1.54, 1.807) is 25.3 Å². The second-order valence-electron chi connectivity index (χ2n) is 7.07. The molecule has 0 atom stereocenters. The number of rotatable bonds is 7. The van der Waals surface area contributed by atoms with Crippen molar-refractivity contribution >= 4 is 33.1 Å². The molecule has 0 bridgehead atoms. The highest BCUT2D eigenvalue weighted by atomic mass is 32.1. The molecule has 0 aliphatic carbocycles. The minimum Gasteiger partial charge on any atom is -0.497 e. The van der Waals surface area contributed by atoms with Crippen LogP contribution in [0.4, 0.5) is 5.69 Å². The van der Waals surface area contributed by atoms with Crippen LogP contribution in [-0.2, 0) is 11.3 Å². The molecule has 0 aliphatic heterocycles. The van der Waals surface area contributed by atoms with Gasteiger partial charge in [-0.15, -0.1) is 11.3 Å². The first-order chi connectivity index (χ1) is 15.9. The minimum atomic E-state index is -0.445. The van der Waals surface area contributed by atoms with E-state index < -0.39 is 11.5 Å². The number of anilines is 1. The summed E-state index contributed by atoms with van der Waals surface area (Å²) >= 11 is 1.38. The quantitative estimate of drug-likeness (QED) is 0.445. The number of fused-ring (bicyclic) bond motifs is 1. The topological polar surface area (TPSA) is 105 Å².